The maximum atomic E-state index is 11.0. The lowest BCUT2D eigenvalue weighted by atomic mass is 9.96. The molecule has 2 rings (SSSR count). The average Bonchev–Trinajstić information content (AvgIpc) is 2.69. The van der Waals surface area contributed by atoms with Gasteiger partial charge >= 0.3 is 11.9 Å². The highest BCUT2D eigenvalue weighted by atomic mass is 16.4. The van der Waals surface area contributed by atoms with Gasteiger partial charge in [0.15, 0.2) is 0 Å². The zero-order chi connectivity index (χ0) is 14.0. The van der Waals surface area contributed by atoms with E-state index in [4.69, 9.17) is 10.2 Å². The fraction of sp³-hybridized carbons (Fsp3) is 0.286. The van der Waals surface area contributed by atoms with Crippen LogP contribution in [0.1, 0.15) is 12.0 Å². The molecule has 0 fully saturated rings. The summed E-state index contributed by atoms with van der Waals surface area (Å²) in [5.74, 6) is -3.05. The van der Waals surface area contributed by atoms with Gasteiger partial charge in [0.1, 0.15) is 0 Å². The van der Waals surface area contributed by atoms with Crippen LogP contribution >= 0.6 is 0 Å². The van der Waals surface area contributed by atoms with Crippen LogP contribution in [0, 0.1) is 5.92 Å². The molecule has 2 N–H and O–H groups in total. The first-order valence-corrected chi connectivity index (χ1v) is 5.96. The largest absolute Gasteiger partial charge is 0.481 e. The number of aliphatic carboxylic acids is 2. The van der Waals surface area contributed by atoms with Crippen molar-refractivity contribution in [3.05, 3.63) is 36.0 Å². The normalized spacial score (nSPS) is 12.5. The minimum absolute atomic E-state index is 0.229. The van der Waals surface area contributed by atoms with Crippen molar-refractivity contribution in [3.8, 4) is 0 Å². The van der Waals surface area contributed by atoms with Crippen molar-refractivity contribution in [2.45, 2.75) is 12.8 Å². The number of aromatic nitrogens is 1. The summed E-state index contributed by atoms with van der Waals surface area (Å²) in [7, 11) is 1.94. The number of carbonyl (C=O) groups is 2. The minimum Gasteiger partial charge on any atom is -0.481 e. The Labute approximate surface area is 110 Å². The van der Waals surface area contributed by atoms with Crippen LogP contribution in [0.15, 0.2) is 30.5 Å². The Morgan fingerprint density at radius 3 is 2.63 bits per heavy atom. The summed E-state index contributed by atoms with van der Waals surface area (Å²) in [6.07, 6.45) is 1.80. The molecule has 19 heavy (non-hydrogen) atoms. The van der Waals surface area contributed by atoms with Crippen molar-refractivity contribution in [2.75, 3.05) is 0 Å². The van der Waals surface area contributed by atoms with Gasteiger partial charge in [-0.3, -0.25) is 9.59 Å². The van der Waals surface area contributed by atoms with Gasteiger partial charge in [-0.2, -0.15) is 0 Å². The van der Waals surface area contributed by atoms with Gasteiger partial charge in [-0.1, -0.05) is 6.07 Å². The van der Waals surface area contributed by atoms with Crippen molar-refractivity contribution in [1.82, 2.24) is 4.57 Å². The van der Waals surface area contributed by atoms with E-state index in [9.17, 15) is 9.59 Å². The van der Waals surface area contributed by atoms with Crippen LogP contribution in [-0.4, -0.2) is 26.7 Å². The Bertz CT molecular complexity index is 629. The molecule has 0 saturated carbocycles. The maximum absolute atomic E-state index is 11.0. The highest BCUT2D eigenvalue weighted by Crippen LogP contribution is 2.20. The number of rotatable bonds is 5. The molecule has 1 atom stereocenters. The molecule has 5 nitrogen and oxygen atoms in total. The molecule has 1 aromatic carbocycles. The predicted octanol–water partition coefficient (Wildman–Crippen LogP) is 1.90. The lowest BCUT2D eigenvalue weighted by molar-refractivity contribution is -0.148. The van der Waals surface area contributed by atoms with Crippen molar-refractivity contribution in [3.63, 3.8) is 0 Å². The molecule has 1 unspecified atom stereocenters. The molecule has 100 valence electrons. The van der Waals surface area contributed by atoms with Crippen LogP contribution in [0.2, 0.25) is 0 Å². The smallest absolute Gasteiger partial charge is 0.307 e. The number of hydrogen-bond acceptors (Lipinski definition) is 2. The van der Waals surface area contributed by atoms with E-state index in [1.807, 2.05) is 42.1 Å². The van der Waals surface area contributed by atoms with Crippen LogP contribution in [0.25, 0.3) is 10.9 Å². The molecule has 5 heteroatoms. The molecule has 0 aliphatic heterocycles. The first kappa shape index (κ1) is 13.1. The van der Waals surface area contributed by atoms with E-state index in [0.29, 0.717) is 0 Å². The van der Waals surface area contributed by atoms with Gasteiger partial charge < -0.3 is 14.8 Å². The summed E-state index contributed by atoms with van der Waals surface area (Å²) in [6, 6.07) is 7.63. The topological polar surface area (TPSA) is 79.5 Å². The summed E-state index contributed by atoms with van der Waals surface area (Å²) in [5.41, 5.74) is 1.90. The number of benzene rings is 1. The molecular formula is C14H15NO4. The summed E-state index contributed by atoms with van der Waals surface area (Å²) >= 11 is 0. The monoisotopic (exact) mass is 261 g/mol. The van der Waals surface area contributed by atoms with Crippen LogP contribution < -0.4 is 0 Å². The molecule has 0 spiro atoms. The zero-order valence-corrected chi connectivity index (χ0v) is 10.5. The summed E-state index contributed by atoms with van der Waals surface area (Å²) in [6.45, 7) is 0. The van der Waals surface area contributed by atoms with E-state index >= 15 is 0 Å². The Morgan fingerprint density at radius 1 is 1.26 bits per heavy atom. The fourth-order valence-electron chi connectivity index (χ4n) is 2.20. The lowest BCUT2D eigenvalue weighted by Crippen LogP contribution is -2.20. The maximum Gasteiger partial charge on any atom is 0.307 e. The predicted molar refractivity (Wildman–Crippen MR) is 70.0 cm³/mol. The van der Waals surface area contributed by atoms with Crippen LogP contribution in [0.5, 0.6) is 0 Å². The molecule has 0 bridgehead atoms. The van der Waals surface area contributed by atoms with Gasteiger partial charge in [0.25, 0.3) is 0 Å². The lowest BCUT2D eigenvalue weighted by Gasteiger charge is -2.10. The number of aryl methyl sites for hydroxylation is 1. The molecule has 0 aliphatic rings. The van der Waals surface area contributed by atoms with Crippen LogP contribution in [0.4, 0.5) is 0 Å². The van der Waals surface area contributed by atoms with Gasteiger partial charge in [-0.25, -0.2) is 0 Å². The standard InChI is InChI=1S/C14H15NO4/c1-15-5-4-10-6-9(2-3-12(10)15)7-11(14(18)19)8-13(16)17/h2-6,11H,7-8H2,1H3,(H,16,17)(H,18,19). The molecule has 0 saturated heterocycles. The molecule has 2 aromatic rings. The summed E-state index contributed by atoms with van der Waals surface area (Å²) in [4.78, 5) is 21.7. The van der Waals surface area contributed by atoms with Gasteiger partial charge in [0, 0.05) is 18.8 Å². The second-order valence-corrected chi connectivity index (χ2v) is 4.66. The second-order valence-electron chi connectivity index (χ2n) is 4.66. The van der Waals surface area contributed by atoms with Gasteiger partial charge in [0.05, 0.1) is 12.3 Å². The molecule has 1 aromatic heterocycles. The highest BCUT2D eigenvalue weighted by Gasteiger charge is 2.21. The van der Waals surface area contributed by atoms with Crippen molar-refractivity contribution < 1.29 is 19.8 Å². The zero-order valence-electron chi connectivity index (χ0n) is 10.5. The SMILES string of the molecule is Cn1ccc2cc(CC(CC(=O)O)C(=O)O)ccc21. The summed E-state index contributed by atoms with van der Waals surface area (Å²) < 4.78 is 1.98. The van der Waals surface area contributed by atoms with Gasteiger partial charge in [0.2, 0.25) is 0 Å². The van der Waals surface area contributed by atoms with E-state index in [-0.39, 0.29) is 12.8 Å². The molecular weight excluding hydrogens is 246 g/mol. The second kappa shape index (κ2) is 5.14. The third-order valence-corrected chi connectivity index (χ3v) is 3.20. The fourth-order valence-corrected chi connectivity index (χ4v) is 2.20. The van der Waals surface area contributed by atoms with Crippen LogP contribution in [-0.2, 0) is 23.1 Å². The first-order chi connectivity index (χ1) is 8.97. The summed E-state index contributed by atoms with van der Waals surface area (Å²) in [5, 5.41) is 18.8. The molecule has 0 radical (unpaired) electrons. The number of carboxylic acid groups (broad SMARTS) is 2. The number of carboxylic acids is 2. The Balaban J connectivity index is 2.23. The van der Waals surface area contributed by atoms with E-state index < -0.39 is 17.9 Å². The van der Waals surface area contributed by atoms with E-state index in [1.54, 1.807) is 0 Å². The third-order valence-electron chi connectivity index (χ3n) is 3.20. The molecule has 0 aliphatic carbocycles. The highest BCUT2D eigenvalue weighted by molar-refractivity contribution is 5.81. The third kappa shape index (κ3) is 2.93. The quantitative estimate of drug-likeness (QED) is 0.861. The number of fused-ring (bicyclic) bond motifs is 1. The van der Waals surface area contributed by atoms with Gasteiger partial charge in [-0.15, -0.1) is 0 Å². The van der Waals surface area contributed by atoms with Crippen molar-refractivity contribution in [1.29, 1.82) is 0 Å². The van der Waals surface area contributed by atoms with E-state index in [2.05, 4.69) is 0 Å². The minimum atomic E-state index is -1.09. The first-order valence-electron chi connectivity index (χ1n) is 5.96. The number of hydrogen-bond donors (Lipinski definition) is 2. The average molecular weight is 261 g/mol. The van der Waals surface area contributed by atoms with E-state index in [0.717, 1.165) is 16.5 Å². The van der Waals surface area contributed by atoms with Crippen molar-refractivity contribution in [2.24, 2.45) is 13.0 Å². The van der Waals surface area contributed by atoms with Crippen LogP contribution in [0.3, 0.4) is 0 Å². The van der Waals surface area contributed by atoms with Gasteiger partial charge in [-0.05, 0) is 35.6 Å². The molecule has 0 amide bonds. The molecule has 1 heterocycles. The Hall–Kier alpha value is -2.30. The Morgan fingerprint density at radius 2 is 2.00 bits per heavy atom. The number of nitrogens with zero attached hydrogens (tertiary/aromatic N) is 1. The Kier molecular flexibility index (Phi) is 3.55. The van der Waals surface area contributed by atoms with Crippen molar-refractivity contribution >= 4 is 22.8 Å². The van der Waals surface area contributed by atoms with E-state index in [1.165, 1.54) is 0 Å².